The number of hydrogen-bond donors (Lipinski definition) is 0. The van der Waals surface area contributed by atoms with E-state index in [4.69, 9.17) is 9.47 Å². The van der Waals surface area contributed by atoms with Gasteiger partial charge in [-0.15, -0.1) is 0 Å². The van der Waals surface area contributed by atoms with Crippen LogP contribution in [0, 0.1) is 11.6 Å². The molecule has 0 radical (unpaired) electrons. The number of para-hydroxylation sites is 1. The van der Waals surface area contributed by atoms with Gasteiger partial charge in [0.1, 0.15) is 11.6 Å². The number of hydrogen-bond acceptors (Lipinski definition) is 3. The molecule has 0 bridgehead atoms. The standard InChI is InChI=1S/C15H12F2O3/c1-19-14-5-3-2-4-11(14)13(18)9-20-15-7-6-10(16)8-12(15)17/h2-8H,9H2,1H3. The van der Waals surface area contributed by atoms with Crippen molar-refractivity contribution in [2.24, 2.45) is 0 Å². The van der Waals surface area contributed by atoms with Gasteiger partial charge < -0.3 is 9.47 Å². The first-order chi connectivity index (χ1) is 9.61. The van der Waals surface area contributed by atoms with Gasteiger partial charge in [0.05, 0.1) is 12.7 Å². The van der Waals surface area contributed by atoms with Gasteiger partial charge in [-0.3, -0.25) is 4.79 Å². The van der Waals surface area contributed by atoms with E-state index >= 15 is 0 Å². The van der Waals surface area contributed by atoms with E-state index in [0.29, 0.717) is 17.4 Å². The molecule has 0 aliphatic rings. The Balaban J connectivity index is 2.09. The molecule has 0 aliphatic heterocycles. The SMILES string of the molecule is COc1ccccc1C(=O)COc1ccc(F)cc1F. The van der Waals surface area contributed by atoms with Crippen molar-refractivity contribution in [1.29, 1.82) is 0 Å². The van der Waals surface area contributed by atoms with Gasteiger partial charge >= 0.3 is 0 Å². The van der Waals surface area contributed by atoms with Gasteiger partial charge in [0, 0.05) is 6.07 Å². The third-order valence-corrected chi connectivity index (χ3v) is 2.66. The molecule has 2 rings (SSSR count). The molecule has 0 aromatic heterocycles. The average Bonchev–Trinajstić information content (AvgIpc) is 2.46. The normalized spacial score (nSPS) is 10.2. The number of carbonyl (C=O) groups is 1. The van der Waals surface area contributed by atoms with Crippen molar-refractivity contribution in [1.82, 2.24) is 0 Å². The lowest BCUT2D eigenvalue weighted by molar-refractivity contribution is 0.0915. The molecule has 0 amide bonds. The zero-order valence-corrected chi connectivity index (χ0v) is 10.7. The number of carbonyl (C=O) groups excluding carboxylic acids is 1. The Morgan fingerprint density at radius 2 is 1.85 bits per heavy atom. The van der Waals surface area contributed by atoms with E-state index in [1.54, 1.807) is 24.3 Å². The van der Waals surface area contributed by atoms with Gasteiger partial charge in [-0.25, -0.2) is 8.78 Å². The second kappa shape index (κ2) is 6.14. The largest absolute Gasteiger partial charge is 0.496 e. The summed E-state index contributed by atoms with van der Waals surface area (Å²) >= 11 is 0. The molecule has 2 aromatic rings. The highest BCUT2D eigenvalue weighted by Crippen LogP contribution is 2.20. The van der Waals surface area contributed by atoms with Crippen LogP contribution in [0.3, 0.4) is 0 Å². The highest BCUT2D eigenvalue weighted by atomic mass is 19.1. The first-order valence-corrected chi connectivity index (χ1v) is 5.86. The summed E-state index contributed by atoms with van der Waals surface area (Å²) in [6, 6.07) is 9.55. The Bertz CT molecular complexity index is 626. The predicted molar refractivity (Wildman–Crippen MR) is 69.2 cm³/mol. The third kappa shape index (κ3) is 3.12. The van der Waals surface area contributed by atoms with Crippen molar-refractivity contribution in [3.63, 3.8) is 0 Å². The Labute approximate surface area is 114 Å². The third-order valence-electron chi connectivity index (χ3n) is 2.66. The summed E-state index contributed by atoms with van der Waals surface area (Å²) in [5, 5.41) is 0. The van der Waals surface area contributed by atoms with E-state index in [2.05, 4.69) is 0 Å². The highest BCUT2D eigenvalue weighted by molar-refractivity contribution is 5.99. The second-order valence-corrected chi connectivity index (χ2v) is 3.99. The number of ether oxygens (including phenoxy) is 2. The Kier molecular flexibility index (Phi) is 4.30. The lowest BCUT2D eigenvalue weighted by Gasteiger charge is -2.09. The van der Waals surface area contributed by atoms with Crippen molar-refractivity contribution in [3.8, 4) is 11.5 Å². The maximum absolute atomic E-state index is 13.3. The van der Waals surface area contributed by atoms with Crippen LogP contribution < -0.4 is 9.47 Å². The molecule has 5 heteroatoms. The van der Waals surface area contributed by atoms with Crippen LogP contribution in [0.5, 0.6) is 11.5 Å². The van der Waals surface area contributed by atoms with Gasteiger partial charge in [-0.1, -0.05) is 12.1 Å². The number of methoxy groups -OCH3 is 1. The minimum absolute atomic E-state index is 0.172. The smallest absolute Gasteiger partial charge is 0.203 e. The topological polar surface area (TPSA) is 35.5 Å². The fourth-order valence-electron chi connectivity index (χ4n) is 1.69. The van der Waals surface area contributed by atoms with E-state index in [1.165, 1.54) is 7.11 Å². The first kappa shape index (κ1) is 14.0. The van der Waals surface area contributed by atoms with Crippen LogP contribution in [0.15, 0.2) is 42.5 Å². The molecule has 0 aliphatic carbocycles. The van der Waals surface area contributed by atoms with Crippen LogP contribution in [0.2, 0.25) is 0 Å². The summed E-state index contributed by atoms with van der Waals surface area (Å²) in [5.74, 6) is -1.66. The number of ketones is 1. The lowest BCUT2D eigenvalue weighted by atomic mass is 10.1. The van der Waals surface area contributed by atoms with Gasteiger partial charge in [0.15, 0.2) is 18.2 Å². The van der Waals surface area contributed by atoms with Crippen LogP contribution in [0.4, 0.5) is 8.78 Å². The van der Waals surface area contributed by atoms with Crippen LogP contribution >= 0.6 is 0 Å². The Morgan fingerprint density at radius 3 is 2.55 bits per heavy atom. The molecule has 0 spiro atoms. The van der Waals surface area contributed by atoms with Crippen molar-refractivity contribution in [2.45, 2.75) is 0 Å². The fraction of sp³-hybridized carbons (Fsp3) is 0.133. The van der Waals surface area contributed by atoms with Crippen molar-refractivity contribution in [2.75, 3.05) is 13.7 Å². The van der Waals surface area contributed by atoms with E-state index < -0.39 is 11.6 Å². The molecule has 20 heavy (non-hydrogen) atoms. The molecular weight excluding hydrogens is 266 g/mol. The molecule has 0 heterocycles. The zero-order chi connectivity index (χ0) is 14.5. The summed E-state index contributed by atoms with van der Waals surface area (Å²) in [5.41, 5.74) is 0.345. The van der Waals surface area contributed by atoms with Crippen LogP contribution in [0.25, 0.3) is 0 Å². The summed E-state index contributed by atoms with van der Waals surface area (Å²) in [6.07, 6.45) is 0. The quantitative estimate of drug-likeness (QED) is 0.788. The molecule has 0 saturated carbocycles. The molecular formula is C15H12F2O3. The van der Waals surface area contributed by atoms with Gasteiger partial charge in [0.2, 0.25) is 5.78 Å². The number of benzene rings is 2. The first-order valence-electron chi connectivity index (χ1n) is 5.86. The van der Waals surface area contributed by atoms with Crippen molar-refractivity contribution in [3.05, 3.63) is 59.7 Å². The van der Waals surface area contributed by atoms with Crippen LogP contribution in [0.1, 0.15) is 10.4 Å². The second-order valence-electron chi connectivity index (χ2n) is 3.99. The molecule has 0 atom stereocenters. The monoisotopic (exact) mass is 278 g/mol. The minimum atomic E-state index is -0.849. The van der Waals surface area contributed by atoms with E-state index in [9.17, 15) is 13.6 Å². The summed E-state index contributed by atoms with van der Waals surface area (Å²) in [6.45, 7) is -0.358. The molecule has 104 valence electrons. The highest BCUT2D eigenvalue weighted by Gasteiger charge is 2.13. The predicted octanol–water partition coefficient (Wildman–Crippen LogP) is 3.24. The molecule has 0 fully saturated rings. The van der Waals surface area contributed by atoms with Crippen molar-refractivity contribution < 1.29 is 23.0 Å². The van der Waals surface area contributed by atoms with E-state index in [-0.39, 0.29) is 18.1 Å². The Hall–Kier alpha value is -2.43. The lowest BCUT2D eigenvalue weighted by Crippen LogP contribution is -2.13. The summed E-state index contributed by atoms with van der Waals surface area (Å²) < 4.78 is 36.2. The van der Waals surface area contributed by atoms with Gasteiger partial charge in [-0.05, 0) is 24.3 Å². The summed E-state index contributed by atoms with van der Waals surface area (Å²) in [4.78, 5) is 12.0. The fourth-order valence-corrected chi connectivity index (χ4v) is 1.69. The van der Waals surface area contributed by atoms with Gasteiger partial charge in [-0.2, -0.15) is 0 Å². The van der Waals surface area contributed by atoms with Crippen LogP contribution in [-0.2, 0) is 0 Å². The van der Waals surface area contributed by atoms with Crippen LogP contribution in [-0.4, -0.2) is 19.5 Å². The molecule has 0 saturated heterocycles. The number of rotatable bonds is 5. The minimum Gasteiger partial charge on any atom is -0.496 e. The van der Waals surface area contributed by atoms with Gasteiger partial charge in [0.25, 0.3) is 0 Å². The maximum Gasteiger partial charge on any atom is 0.203 e. The zero-order valence-electron chi connectivity index (χ0n) is 10.7. The molecule has 0 unspecified atom stereocenters. The summed E-state index contributed by atoms with van der Waals surface area (Å²) in [7, 11) is 1.45. The average molecular weight is 278 g/mol. The number of halogens is 2. The Morgan fingerprint density at radius 1 is 1.10 bits per heavy atom. The number of Topliss-reactive ketones (excluding diaryl/α,β-unsaturated/α-hetero) is 1. The molecule has 0 N–H and O–H groups in total. The van der Waals surface area contributed by atoms with E-state index in [1.807, 2.05) is 0 Å². The molecule has 3 nitrogen and oxygen atoms in total. The van der Waals surface area contributed by atoms with E-state index in [0.717, 1.165) is 12.1 Å². The maximum atomic E-state index is 13.3. The van der Waals surface area contributed by atoms with Crippen molar-refractivity contribution >= 4 is 5.78 Å². The molecule has 2 aromatic carbocycles.